The average molecular weight is 490 g/mol. The fourth-order valence-electron chi connectivity index (χ4n) is 3.87. The molecule has 1 amide bonds. The molecule has 0 radical (unpaired) electrons. The molecule has 8 nitrogen and oxygen atoms in total. The van der Waals surface area contributed by atoms with Crippen LogP contribution in [-0.2, 0) is 0 Å². The Hall–Kier alpha value is -3.44. The molecule has 1 saturated heterocycles. The minimum atomic E-state index is -1.26. The Labute approximate surface area is 198 Å². The lowest BCUT2D eigenvalue weighted by molar-refractivity contribution is 0.0572. The standard InChI is InChI=1S/C24H25F3N4O4/c1-11(2)12(3)28-24(35)15-8-31(21-16(26)6-13(25)7-17(21)27)23-14(22(15)34)4-5-20(29-23)30-9-18(32)19(33)10-30/h4-8,11-12,18-19,32-33H,9-10H2,1-3H3,(H,28,35)/t12-,18-,19-/m1/s1. The normalized spacial score (nSPS) is 18.9. The van der Waals surface area contributed by atoms with E-state index in [9.17, 15) is 33.0 Å². The highest BCUT2D eigenvalue weighted by atomic mass is 19.1. The van der Waals surface area contributed by atoms with Gasteiger partial charge in [0.1, 0.15) is 22.9 Å². The summed E-state index contributed by atoms with van der Waals surface area (Å²) in [4.78, 5) is 32.0. The third kappa shape index (κ3) is 4.61. The number of hydrogen-bond acceptors (Lipinski definition) is 6. The summed E-state index contributed by atoms with van der Waals surface area (Å²) in [5.74, 6) is -4.09. The van der Waals surface area contributed by atoms with Crippen molar-refractivity contribution >= 4 is 22.8 Å². The van der Waals surface area contributed by atoms with Crippen molar-refractivity contribution in [1.29, 1.82) is 0 Å². The molecule has 1 aliphatic heterocycles. The number of anilines is 1. The average Bonchev–Trinajstić information content (AvgIpc) is 3.12. The van der Waals surface area contributed by atoms with Crippen molar-refractivity contribution in [1.82, 2.24) is 14.9 Å². The smallest absolute Gasteiger partial charge is 0.257 e. The van der Waals surface area contributed by atoms with E-state index in [4.69, 9.17) is 0 Å². The van der Waals surface area contributed by atoms with E-state index in [0.717, 1.165) is 10.8 Å². The lowest BCUT2D eigenvalue weighted by Crippen LogP contribution is -2.38. The number of nitrogens with zero attached hydrogens (tertiary/aromatic N) is 3. The van der Waals surface area contributed by atoms with E-state index in [0.29, 0.717) is 12.1 Å². The minimum absolute atomic E-state index is 0.0523. The van der Waals surface area contributed by atoms with Crippen molar-refractivity contribution in [2.24, 2.45) is 5.92 Å². The molecule has 0 bridgehead atoms. The molecule has 35 heavy (non-hydrogen) atoms. The molecule has 0 aliphatic carbocycles. The zero-order valence-corrected chi connectivity index (χ0v) is 19.3. The first-order valence-electron chi connectivity index (χ1n) is 11.1. The second-order valence-electron chi connectivity index (χ2n) is 9.05. The van der Waals surface area contributed by atoms with Crippen LogP contribution in [0.5, 0.6) is 0 Å². The molecule has 4 rings (SSSR count). The molecule has 3 N–H and O–H groups in total. The van der Waals surface area contributed by atoms with Crippen LogP contribution in [0.3, 0.4) is 0 Å². The largest absolute Gasteiger partial charge is 0.389 e. The highest BCUT2D eigenvalue weighted by molar-refractivity contribution is 5.97. The van der Waals surface area contributed by atoms with Crippen molar-refractivity contribution in [2.75, 3.05) is 18.0 Å². The Balaban J connectivity index is 1.95. The topological polar surface area (TPSA) is 108 Å². The molecule has 0 spiro atoms. The number of amides is 1. The summed E-state index contributed by atoms with van der Waals surface area (Å²) in [5.41, 5.74) is -1.96. The molecule has 186 valence electrons. The summed E-state index contributed by atoms with van der Waals surface area (Å²) in [6, 6.07) is 3.49. The van der Waals surface area contributed by atoms with Gasteiger partial charge in [-0.05, 0) is 25.0 Å². The maximum absolute atomic E-state index is 14.8. The number of aliphatic hydroxyl groups excluding tert-OH is 2. The summed E-state index contributed by atoms with van der Waals surface area (Å²) in [6.07, 6.45) is -1.05. The number of carbonyl (C=O) groups excluding carboxylic acids is 1. The number of β-amino-alcohol motifs (C(OH)–C–C–N with tert-alkyl or cyclic N) is 2. The summed E-state index contributed by atoms with van der Waals surface area (Å²) < 4.78 is 44.1. The summed E-state index contributed by atoms with van der Waals surface area (Å²) in [7, 11) is 0. The molecule has 1 fully saturated rings. The first-order chi connectivity index (χ1) is 16.5. The van der Waals surface area contributed by atoms with E-state index in [-0.39, 0.29) is 47.5 Å². The van der Waals surface area contributed by atoms with Crippen molar-refractivity contribution < 1.29 is 28.2 Å². The second-order valence-corrected chi connectivity index (χ2v) is 9.05. The van der Waals surface area contributed by atoms with Crippen LogP contribution in [0.25, 0.3) is 16.7 Å². The van der Waals surface area contributed by atoms with Gasteiger partial charge in [-0.15, -0.1) is 0 Å². The van der Waals surface area contributed by atoms with Crippen LogP contribution >= 0.6 is 0 Å². The van der Waals surface area contributed by atoms with Crippen molar-refractivity contribution in [3.8, 4) is 5.69 Å². The number of nitrogens with one attached hydrogen (secondary N) is 1. The summed E-state index contributed by atoms with van der Waals surface area (Å²) in [6.45, 7) is 5.62. The molecule has 1 aliphatic rings. The molecule has 11 heteroatoms. The van der Waals surface area contributed by atoms with Crippen LogP contribution in [-0.4, -0.2) is 57.0 Å². The summed E-state index contributed by atoms with van der Waals surface area (Å²) in [5, 5.41) is 22.4. The third-order valence-electron chi connectivity index (χ3n) is 6.25. The highest BCUT2D eigenvalue weighted by Crippen LogP contribution is 2.26. The Kier molecular flexibility index (Phi) is 6.56. The van der Waals surface area contributed by atoms with Crippen LogP contribution in [0.2, 0.25) is 0 Å². The number of halogens is 3. The lowest BCUT2D eigenvalue weighted by atomic mass is 10.1. The maximum atomic E-state index is 14.8. The lowest BCUT2D eigenvalue weighted by Gasteiger charge is -2.20. The first-order valence-corrected chi connectivity index (χ1v) is 11.1. The molecule has 1 aromatic carbocycles. The van der Waals surface area contributed by atoms with Crippen LogP contribution in [0.15, 0.2) is 35.3 Å². The van der Waals surface area contributed by atoms with Gasteiger partial charge in [-0.1, -0.05) is 13.8 Å². The number of benzene rings is 1. The number of aromatic nitrogens is 2. The van der Waals surface area contributed by atoms with E-state index in [1.54, 1.807) is 11.8 Å². The Bertz CT molecular complexity index is 1330. The number of pyridine rings is 2. The SMILES string of the molecule is CC(C)[C@@H](C)NC(=O)c1cn(-c2c(F)cc(F)cc2F)c2nc(N3C[C@@H](O)[C@H](O)C3)ccc2c1=O. The van der Waals surface area contributed by atoms with Gasteiger partial charge in [-0.2, -0.15) is 0 Å². The Morgan fingerprint density at radius 1 is 1.09 bits per heavy atom. The predicted octanol–water partition coefficient (Wildman–Crippen LogP) is 2.12. The zero-order chi connectivity index (χ0) is 25.6. The molecule has 0 saturated carbocycles. The highest BCUT2D eigenvalue weighted by Gasteiger charge is 2.31. The quantitative estimate of drug-likeness (QED) is 0.506. The van der Waals surface area contributed by atoms with Gasteiger partial charge in [0.15, 0.2) is 17.3 Å². The fourth-order valence-corrected chi connectivity index (χ4v) is 3.87. The number of fused-ring (bicyclic) bond motifs is 1. The van der Waals surface area contributed by atoms with Gasteiger partial charge < -0.3 is 20.4 Å². The van der Waals surface area contributed by atoms with Crippen molar-refractivity contribution in [3.05, 3.63) is 63.7 Å². The fraction of sp³-hybridized carbons (Fsp3) is 0.375. The van der Waals surface area contributed by atoms with E-state index < -0.39 is 46.7 Å². The number of rotatable bonds is 5. The van der Waals surface area contributed by atoms with Crippen LogP contribution in [0.4, 0.5) is 19.0 Å². The molecular weight excluding hydrogens is 465 g/mol. The monoisotopic (exact) mass is 490 g/mol. The van der Waals surface area contributed by atoms with Gasteiger partial charge in [-0.25, -0.2) is 18.2 Å². The maximum Gasteiger partial charge on any atom is 0.257 e. The predicted molar refractivity (Wildman–Crippen MR) is 123 cm³/mol. The van der Waals surface area contributed by atoms with Gasteiger partial charge in [0, 0.05) is 37.5 Å². The molecule has 3 heterocycles. The number of carbonyl (C=O) groups is 1. The number of aliphatic hydroxyl groups is 2. The van der Waals surface area contributed by atoms with Gasteiger partial charge in [-0.3, -0.25) is 14.2 Å². The van der Waals surface area contributed by atoms with E-state index in [1.807, 2.05) is 13.8 Å². The van der Waals surface area contributed by atoms with Gasteiger partial charge in [0.2, 0.25) is 5.43 Å². The first kappa shape index (κ1) is 24.7. The van der Waals surface area contributed by atoms with Gasteiger partial charge in [0.05, 0.1) is 17.6 Å². The Morgan fingerprint density at radius 2 is 1.69 bits per heavy atom. The molecule has 2 aromatic heterocycles. The third-order valence-corrected chi connectivity index (χ3v) is 6.25. The molecule has 3 atom stereocenters. The van der Waals surface area contributed by atoms with E-state index in [2.05, 4.69) is 10.3 Å². The second kappa shape index (κ2) is 9.31. The van der Waals surface area contributed by atoms with E-state index >= 15 is 0 Å². The van der Waals surface area contributed by atoms with Gasteiger partial charge in [0.25, 0.3) is 5.91 Å². The molecule has 3 aromatic rings. The van der Waals surface area contributed by atoms with Crippen molar-refractivity contribution in [2.45, 2.75) is 39.0 Å². The molecular formula is C24H25F3N4O4. The molecule has 0 unspecified atom stereocenters. The van der Waals surface area contributed by atoms with Crippen molar-refractivity contribution in [3.63, 3.8) is 0 Å². The number of hydrogen-bond donors (Lipinski definition) is 3. The van der Waals surface area contributed by atoms with Crippen LogP contribution in [0, 0.1) is 23.4 Å². The minimum Gasteiger partial charge on any atom is -0.389 e. The zero-order valence-electron chi connectivity index (χ0n) is 19.3. The Morgan fingerprint density at radius 3 is 2.26 bits per heavy atom. The van der Waals surface area contributed by atoms with Crippen LogP contribution in [0.1, 0.15) is 31.1 Å². The van der Waals surface area contributed by atoms with Crippen LogP contribution < -0.4 is 15.6 Å². The van der Waals surface area contributed by atoms with E-state index in [1.165, 1.54) is 12.1 Å². The summed E-state index contributed by atoms with van der Waals surface area (Å²) >= 11 is 0. The van der Waals surface area contributed by atoms with Gasteiger partial charge >= 0.3 is 0 Å².